The number of hydrogen-bond donors (Lipinski definition) is 12. The standard InChI is InChI=1S/C52H82O22/c1-47(2)28-9-12-50(5)29(8-7-22-23-15-48(3)13-14-52(23,21-68-46(48)65)30(56)16-51(22,50)6)49(28,4)11-10-31(47)72-44-40(74-43-39(64)36(61)33(58)25(17-53)69-43)35(60)27(20-67-44)71-45-41(37(62)34(59)26(18-54)70-45)73-42-38(63)32(57)24(55)19-66-42/h7,23-45,53-64H,8-21H2,1-6H3. The first-order valence-corrected chi connectivity index (χ1v) is 26.9. The zero-order chi connectivity index (χ0) is 53.4. The smallest absolute Gasteiger partial charge is 0.311 e. The highest BCUT2D eigenvalue weighted by Gasteiger charge is 2.72. The van der Waals surface area contributed by atoms with Crippen molar-refractivity contribution in [1.82, 2.24) is 0 Å². The fourth-order valence-electron chi connectivity index (χ4n) is 16.5. The lowest BCUT2D eigenvalue weighted by molar-refractivity contribution is -0.392. The second-order valence-electron chi connectivity index (χ2n) is 25.3. The molecule has 4 saturated carbocycles. The number of carbonyl (C=O) groups is 1. The summed E-state index contributed by atoms with van der Waals surface area (Å²) in [7, 11) is 0. The average Bonchev–Trinajstić information content (AvgIpc) is 3.56. The van der Waals surface area contributed by atoms with Crippen LogP contribution in [0.5, 0.6) is 0 Å². The van der Waals surface area contributed by atoms with Crippen LogP contribution in [0, 0.1) is 50.2 Å². The average molecular weight is 1060 g/mol. The van der Waals surface area contributed by atoms with E-state index in [9.17, 15) is 66.1 Å². The molecule has 28 unspecified atom stereocenters. The topological polar surface area (TPSA) is 343 Å². The van der Waals surface area contributed by atoms with Gasteiger partial charge in [-0.2, -0.15) is 0 Å². The van der Waals surface area contributed by atoms with E-state index in [-0.39, 0.29) is 46.6 Å². The number of aliphatic hydroxyl groups is 12. The first-order chi connectivity index (χ1) is 34.8. The summed E-state index contributed by atoms with van der Waals surface area (Å²) in [5, 5.41) is 130. The molecule has 0 aromatic rings. The fraction of sp³-hybridized carbons (Fsp3) is 0.942. The minimum absolute atomic E-state index is 0.0391. The molecule has 22 heteroatoms. The number of rotatable bonds is 10. The molecule has 74 heavy (non-hydrogen) atoms. The van der Waals surface area contributed by atoms with Crippen LogP contribution in [0.3, 0.4) is 0 Å². The normalized spacial score (nSPS) is 56.2. The Kier molecular flexibility index (Phi) is 15.0. The molecule has 22 nitrogen and oxygen atoms in total. The van der Waals surface area contributed by atoms with E-state index in [1.165, 1.54) is 5.57 Å². The first kappa shape index (κ1) is 55.7. The van der Waals surface area contributed by atoms with Crippen molar-refractivity contribution in [1.29, 1.82) is 0 Å². The van der Waals surface area contributed by atoms with Gasteiger partial charge in [-0.1, -0.05) is 46.3 Å². The van der Waals surface area contributed by atoms with Gasteiger partial charge in [-0.3, -0.25) is 4.79 Å². The number of aliphatic hydroxyl groups excluding tert-OH is 12. The second kappa shape index (κ2) is 19.9. The number of carbonyl (C=O) groups excluding carboxylic acids is 1. The molecule has 6 aliphatic heterocycles. The van der Waals surface area contributed by atoms with Gasteiger partial charge in [-0.25, -0.2) is 0 Å². The summed E-state index contributed by atoms with van der Waals surface area (Å²) < 4.78 is 54.6. The molecule has 12 N–H and O–H groups in total. The third-order valence-electron chi connectivity index (χ3n) is 21.3. The largest absolute Gasteiger partial charge is 0.465 e. The summed E-state index contributed by atoms with van der Waals surface area (Å²) >= 11 is 0. The van der Waals surface area contributed by atoms with E-state index in [0.29, 0.717) is 25.7 Å². The van der Waals surface area contributed by atoms with Crippen LogP contribution in [0.1, 0.15) is 99.3 Å². The fourth-order valence-corrected chi connectivity index (χ4v) is 16.5. The maximum atomic E-state index is 13.3. The van der Waals surface area contributed by atoms with Gasteiger partial charge in [0, 0.05) is 5.41 Å². The van der Waals surface area contributed by atoms with E-state index >= 15 is 0 Å². The van der Waals surface area contributed by atoms with Gasteiger partial charge in [0.1, 0.15) is 85.5 Å². The van der Waals surface area contributed by atoms with Gasteiger partial charge >= 0.3 is 5.97 Å². The lowest BCUT2D eigenvalue weighted by atomic mass is 9.33. The minimum Gasteiger partial charge on any atom is -0.465 e. The molecule has 0 radical (unpaired) electrons. The molecule has 6 heterocycles. The Labute approximate surface area is 430 Å². The van der Waals surface area contributed by atoms with Gasteiger partial charge in [-0.15, -0.1) is 0 Å². The van der Waals surface area contributed by atoms with Crippen molar-refractivity contribution in [2.24, 2.45) is 50.2 Å². The Bertz CT molecular complexity index is 2080. The van der Waals surface area contributed by atoms with E-state index in [1.54, 1.807) is 0 Å². The Morgan fingerprint density at radius 1 is 0.608 bits per heavy atom. The van der Waals surface area contributed by atoms with Crippen LogP contribution in [0.4, 0.5) is 0 Å². The van der Waals surface area contributed by atoms with Crippen molar-refractivity contribution < 1.29 is 109 Å². The maximum Gasteiger partial charge on any atom is 0.311 e. The SMILES string of the molecule is CC12CCC3(COC1=O)C(O)CC1(C)C(=CCC4C5(C)CCC(OC6OCC(OC7OC(CO)C(O)C(O)C7OC7OCC(O)C(O)C7O)C(O)C6OC6OC(CO)C(O)C(O)C6O)C(C)(C)C5CCC41C)C3C2. The van der Waals surface area contributed by atoms with Gasteiger partial charge in [0.05, 0.1) is 50.7 Å². The Morgan fingerprint density at radius 3 is 1.95 bits per heavy atom. The summed E-state index contributed by atoms with van der Waals surface area (Å²) in [6.45, 7) is 11.3. The number of esters is 1. The lowest BCUT2D eigenvalue weighted by Crippen LogP contribution is -2.67. The Morgan fingerprint density at radius 2 is 1.24 bits per heavy atom. The maximum absolute atomic E-state index is 13.3. The minimum atomic E-state index is -1.89. The zero-order valence-corrected chi connectivity index (χ0v) is 43.2. The number of fused-ring (bicyclic) bond motifs is 8. The molecule has 10 fully saturated rings. The highest BCUT2D eigenvalue weighted by atomic mass is 16.8. The van der Waals surface area contributed by atoms with Gasteiger partial charge in [-0.05, 0) is 104 Å². The van der Waals surface area contributed by atoms with Crippen LogP contribution in [-0.2, 0) is 47.4 Å². The molecule has 28 atom stereocenters. The van der Waals surface area contributed by atoms with Gasteiger partial charge < -0.3 is 104 Å². The van der Waals surface area contributed by atoms with Crippen LogP contribution in [0.2, 0.25) is 0 Å². The van der Waals surface area contributed by atoms with Crippen molar-refractivity contribution in [2.45, 2.75) is 222 Å². The van der Waals surface area contributed by atoms with Crippen LogP contribution >= 0.6 is 0 Å². The summed E-state index contributed by atoms with van der Waals surface area (Å²) in [5.74, 6) is 0.234. The van der Waals surface area contributed by atoms with Crippen molar-refractivity contribution in [3.05, 3.63) is 11.6 Å². The molecule has 11 aliphatic rings. The zero-order valence-electron chi connectivity index (χ0n) is 43.2. The van der Waals surface area contributed by atoms with Crippen molar-refractivity contribution in [3.8, 4) is 0 Å². The third kappa shape index (κ3) is 8.53. The Balaban J connectivity index is 0.903. The van der Waals surface area contributed by atoms with Crippen molar-refractivity contribution in [3.63, 3.8) is 0 Å². The quantitative estimate of drug-likeness (QED) is 0.0655. The molecule has 0 amide bonds. The number of hydrogen-bond acceptors (Lipinski definition) is 22. The van der Waals surface area contributed by atoms with Gasteiger partial charge in [0.2, 0.25) is 0 Å². The van der Waals surface area contributed by atoms with Gasteiger partial charge in [0.15, 0.2) is 25.2 Å². The van der Waals surface area contributed by atoms with E-state index in [4.69, 9.17) is 42.6 Å². The predicted molar refractivity (Wildman–Crippen MR) is 250 cm³/mol. The number of ether oxygens (including phenoxy) is 9. The molecule has 1 spiro atoms. The summed E-state index contributed by atoms with van der Waals surface area (Å²) in [6.07, 6.45) is -22.0. The second-order valence-corrected chi connectivity index (χ2v) is 25.3. The van der Waals surface area contributed by atoms with Crippen LogP contribution < -0.4 is 0 Å². The number of allylic oxidation sites excluding steroid dienone is 2. The lowest BCUT2D eigenvalue weighted by Gasteiger charge is -2.71. The van der Waals surface area contributed by atoms with E-state index in [2.05, 4.69) is 40.7 Å². The summed E-state index contributed by atoms with van der Waals surface area (Å²) in [6, 6.07) is 0. The first-order valence-electron chi connectivity index (χ1n) is 26.9. The molecule has 2 bridgehead atoms. The Hall–Kier alpha value is -1.59. The highest BCUT2D eigenvalue weighted by molar-refractivity contribution is 5.77. The molecule has 0 aromatic carbocycles. The molecule has 0 aromatic heterocycles. The molecular weight excluding hydrogens is 977 g/mol. The summed E-state index contributed by atoms with van der Waals surface area (Å²) in [4.78, 5) is 13.3. The van der Waals surface area contributed by atoms with E-state index in [0.717, 1.165) is 32.1 Å². The molecule has 5 aliphatic carbocycles. The van der Waals surface area contributed by atoms with Crippen molar-refractivity contribution in [2.75, 3.05) is 33.0 Å². The third-order valence-corrected chi connectivity index (χ3v) is 21.3. The molecule has 11 rings (SSSR count). The van der Waals surface area contributed by atoms with E-state index in [1.807, 2.05) is 6.92 Å². The molecular formula is C52H82O22. The molecule has 422 valence electrons. The summed E-state index contributed by atoms with van der Waals surface area (Å²) in [5.41, 5.74) is -0.939. The highest BCUT2D eigenvalue weighted by Crippen LogP contribution is 2.76. The predicted octanol–water partition coefficient (Wildman–Crippen LogP) is -1.77. The van der Waals surface area contributed by atoms with Crippen molar-refractivity contribution >= 4 is 5.97 Å². The van der Waals surface area contributed by atoms with Gasteiger partial charge in [0.25, 0.3) is 0 Å². The van der Waals surface area contributed by atoms with Crippen LogP contribution in [-0.4, -0.2) is 223 Å². The monoisotopic (exact) mass is 1060 g/mol. The van der Waals surface area contributed by atoms with Crippen LogP contribution in [0.25, 0.3) is 0 Å². The van der Waals surface area contributed by atoms with E-state index < -0.39 is 165 Å². The molecule has 6 saturated heterocycles. The van der Waals surface area contributed by atoms with Crippen LogP contribution in [0.15, 0.2) is 11.6 Å².